The molecule has 1 atom stereocenters. The number of aromatic nitrogens is 2. The third kappa shape index (κ3) is 3.86. The molecule has 3 rings (SSSR count). The number of rotatable bonds is 4. The van der Waals surface area contributed by atoms with Crippen LogP contribution in [0.4, 0.5) is 13.2 Å². The highest BCUT2D eigenvalue weighted by atomic mass is 19.4. The molecule has 0 aliphatic heterocycles. The maximum Gasteiger partial charge on any atom is 0.412 e. The zero-order chi connectivity index (χ0) is 19.6. The molecule has 1 amide bonds. The van der Waals surface area contributed by atoms with Gasteiger partial charge in [0, 0.05) is 0 Å². The van der Waals surface area contributed by atoms with Crippen molar-refractivity contribution >= 4 is 5.91 Å². The number of amides is 1. The molecule has 3 aromatic rings. The quantitative estimate of drug-likeness (QED) is 0.731. The van der Waals surface area contributed by atoms with Crippen molar-refractivity contribution in [3.63, 3.8) is 0 Å². The van der Waals surface area contributed by atoms with E-state index in [2.05, 4.69) is 10.4 Å². The minimum atomic E-state index is -4.61. The lowest BCUT2D eigenvalue weighted by molar-refractivity contribution is -0.155. The van der Waals surface area contributed by atoms with Gasteiger partial charge in [0.25, 0.3) is 5.91 Å². The first kappa shape index (κ1) is 18.7. The van der Waals surface area contributed by atoms with Crippen molar-refractivity contribution in [2.75, 3.05) is 0 Å². The summed E-state index contributed by atoms with van der Waals surface area (Å²) in [5.41, 5.74) is 2.25. The number of hydrogen-bond donors (Lipinski definition) is 1. The molecule has 0 spiro atoms. The van der Waals surface area contributed by atoms with Gasteiger partial charge in [-0.3, -0.25) is 4.79 Å². The van der Waals surface area contributed by atoms with Crippen LogP contribution < -0.4 is 5.32 Å². The lowest BCUT2D eigenvalue weighted by atomic mass is 10.1. The summed E-state index contributed by atoms with van der Waals surface area (Å²) >= 11 is 0. The molecule has 0 aliphatic carbocycles. The van der Waals surface area contributed by atoms with Gasteiger partial charge < -0.3 is 5.32 Å². The van der Waals surface area contributed by atoms with E-state index in [9.17, 15) is 18.0 Å². The molecule has 140 valence electrons. The fourth-order valence-corrected chi connectivity index (χ4v) is 2.88. The van der Waals surface area contributed by atoms with Gasteiger partial charge in [0.05, 0.1) is 23.1 Å². The minimum Gasteiger partial charge on any atom is -0.337 e. The van der Waals surface area contributed by atoms with E-state index in [4.69, 9.17) is 0 Å². The number of nitrogens with one attached hydrogen (secondary N) is 1. The predicted molar refractivity (Wildman–Crippen MR) is 95.7 cm³/mol. The lowest BCUT2D eigenvalue weighted by Crippen LogP contribution is -2.38. The first-order valence-corrected chi connectivity index (χ1v) is 8.32. The van der Waals surface area contributed by atoms with Crippen LogP contribution in [0.2, 0.25) is 0 Å². The van der Waals surface area contributed by atoms with Crippen LogP contribution in [0.15, 0.2) is 60.8 Å². The van der Waals surface area contributed by atoms with Crippen LogP contribution in [0, 0.1) is 13.8 Å². The Hall–Kier alpha value is -3.09. The molecule has 1 N–H and O–H groups in total. The van der Waals surface area contributed by atoms with E-state index in [0.29, 0.717) is 5.69 Å². The maximum atomic E-state index is 13.5. The van der Waals surface area contributed by atoms with Gasteiger partial charge in [-0.05, 0) is 31.0 Å². The molecule has 0 saturated heterocycles. The fourth-order valence-electron chi connectivity index (χ4n) is 2.88. The Morgan fingerprint density at radius 2 is 1.67 bits per heavy atom. The van der Waals surface area contributed by atoms with Crippen LogP contribution in [-0.4, -0.2) is 21.9 Å². The van der Waals surface area contributed by atoms with E-state index in [1.807, 2.05) is 31.2 Å². The second kappa shape index (κ2) is 7.26. The molecule has 7 heteroatoms. The van der Waals surface area contributed by atoms with Crippen LogP contribution >= 0.6 is 0 Å². The highest BCUT2D eigenvalue weighted by Crippen LogP contribution is 2.33. The molecule has 1 aromatic heterocycles. The average molecular weight is 373 g/mol. The molecule has 4 nitrogen and oxygen atoms in total. The van der Waals surface area contributed by atoms with Gasteiger partial charge in [-0.25, -0.2) is 4.68 Å². The summed E-state index contributed by atoms with van der Waals surface area (Å²) in [5, 5.41) is 6.28. The highest BCUT2D eigenvalue weighted by molar-refractivity contribution is 5.95. The van der Waals surface area contributed by atoms with E-state index in [1.54, 1.807) is 17.7 Å². The molecule has 27 heavy (non-hydrogen) atoms. The first-order valence-electron chi connectivity index (χ1n) is 8.32. The third-order valence-electron chi connectivity index (χ3n) is 4.33. The molecule has 0 bridgehead atoms. The monoisotopic (exact) mass is 373 g/mol. The van der Waals surface area contributed by atoms with Crippen molar-refractivity contribution in [1.82, 2.24) is 15.1 Å². The van der Waals surface area contributed by atoms with E-state index in [0.717, 1.165) is 11.3 Å². The smallest absolute Gasteiger partial charge is 0.337 e. The number of hydrogen-bond acceptors (Lipinski definition) is 2. The largest absolute Gasteiger partial charge is 0.412 e. The van der Waals surface area contributed by atoms with Crippen LogP contribution in [0.3, 0.4) is 0 Å². The number of carbonyl (C=O) groups is 1. The van der Waals surface area contributed by atoms with Gasteiger partial charge >= 0.3 is 6.18 Å². The van der Waals surface area contributed by atoms with E-state index in [1.165, 1.54) is 30.5 Å². The Balaban J connectivity index is 1.91. The number of nitrogens with zero attached hydrogens (tertiary/aromatic N) is 2. The zero-order valence-corrected chi connectivity index (χ0v) is 14.8. The van der Waals surface area contributed by atoms with Crippen molar-refractivity contribution in [1.29, 1.82) is 0 Å². The van der Waals surface area contributed by atoms with E-state index >= 15 is 0 Å². The van der Waals surface area contributed by atoms with Crippen molar-refractivity contribution in [3.8, 4) is 5.69 Å². The van der Waals surface area contributed by atoms with Crippen molar-refractivity contribution in [2.24, 2.45) is 0 Å². The number of aryl methyl sites for hydroxylation is 1. The van der Waals surface area contributed by atoms with Crippen molar-refractivity contribution in [3.05, 3.63) is 83.2 Å². The number of alkyl halides is 3. The zero-order valence-electron chi connectivity index (χ0n) is 14.8. The summed E-state index contributed by atoms with van der Waals surface area (Å²) in [7, 11) is 0. The van der Waals surface area contributed by atoms with E-state index < -0.39 is 18.1 Å². The SMILES string of the molecule is Cc1ccccc1-n1ncc(C(=O)NC(c2ccccc2)C(F)(F)F)c1C. The molecule has 0 radical (unpaired) electrons. The number of benzene rings is 2. The third-order valence-corrected chi connectivity index (χ3v) is 4.33. The minimum absolute atomic E-state index is 0.0256. The van der Waals surface area contributed by atoms with Crippen LogP contribution in [-0.2, 0) is 0 Å². The Kier molecular flexibility index (Phi) is 5.03. The maximum absolute atomic E-state index is 13.5. The molecule has 0 aliphatic rings. The normalized spacial score (nSPS) is 12.6. The summed E-state index contributed by atoms with van der Waals surface area (Å²) in [6, 6.07) is 12.6. The summed E-state index contributed by atoms with van der Waals surface area (Å²) in [6.07, 6.45) is -3.33. The molecule has 1 heterocycles. The Morgan fingerprint density at radius 1 is 1.04 bits per heavy atom. The average Bonchev–Trinajstić information content (AvgIpc) is 3.01. The molecular weight excluding hydrogens is 355 g/mol. The fraction of sp³-hybridized carbons (Fsp3) is 0.200. The Labute approximate surface area is 154 Å². The summed E-state index contributed by atoms with van der Waals surface area (Å²) in [4.78, 5) is 12.6. The van der Waals surface area contributed by atoms with Gasteiger partial charge in [0.15, 0.2) is 6.04 Å². The second-order valence-electron chi connectivity index (χ2n) is 6.20. The molecule has 0 saturated carbocycles. The van der Waals surface area contributed by atoms with E-state index in [-0.39, 0.29) is 11.1 Å². The Bertz CT molecular complexity index is 949. The van der Waals surface area contributed by atoms with Crippen LogP contribution in [0.1, 0.15) is 33.2 Å². The summed E-state index contributed by atoms with van der Waals surface area (Å²) in [6.45, 7) is 3.55. The van der Waals surface area contributed by atoms with Gasteiger partial charge in [-0.1, -0.05) is 48.5 Å². The molecular formula is C20H18F3N3O. The van der Waals surface area contributed by atoms with Crippen molar-refractivity contribution < 1.29 is 18.0 Å². The first-order chi connectivity index (χ1) is 12.8. The van der Waals surface area contributed by atoms with Gasteiger partial charge in [-0.15, -0.1) is 0 Å². The van der Waals surface area contributed by atoms with Crippen molar-refractivity contribution in [2.45, 2.75) is 26.1 Å². The molecule has 1 unspecified atom stereocenters. The standard InChI is InChI=1S/C20H18F3N3O/c1-13-8-6-7-11-17(13)26-14(2)16(12-24-26)19(27)25-18(20(21,22)23)15-9-4-3-5-10-15/h3-12,18H,1-2H3,(H,25,27). The molecule has 0 fully saturated rings. The second-order valence-corrected chi connectivity index (χ2v) is 6.20. The number of para-hydroxylation sites is 1. The van der Waals surface area contributed by atoms with Gasteiger partial charge in [0.2, 0.25) is 0 Å². The summed E-state index contributed by atoms with van der Waals surface area (Å²) < 4.78 is 42.0. The lowest BCUT2D eigenvalue weighted by Gasteiger charge is -2.22. The topological polar surface area (TPSA) is 46.9 Å². The van der Waals surface area contributed by atoms with Gasteiger partial charge in [-0.2, -0.15) is 18.3 Å². The Morgan fingerprint density at radius 3 is 2.30 bits per heavy atom. The molecule has 2 aromatic carbocycles. The van der Waals surface area contributed by atoms with Crippen LogP contribution in [0.5, 0.6) is 0 Å². The summed E-state index contributed by atoms with van der Waals surface area (Å²) in [5.74, 6) is -0.821. The number of carbonyl (C=O) groups excluding carboxylic acids is 1. The predicted octanol–water partition coefficient (Wildman–Crippen LogP) is 4.52. The van der Waals surface area contributed by atoms with Crippen LogP contribution in [0.25, 0.3) is 5.69 Å². The number of halogens is 3. The van der Waals surface area contributed by atoms with Gasteiger partial charge in [0.1, 0.15) is 0 Å². The highest BCUT2D eigenvalue weighted by Gasteiger charge is 2.42.